The zero-order valence-electron chi connectivity index (χ0n) is 9.24. The fraction of sp³-hybridized carbons (Fsp3) is 0.0769. The molecule has 84 valence electrons. The molecule has 4 heteroatoms. The summed E-state index contributed by atoms with van der Waals surface area (Å²) >= 11 is 6.10. The zero-order valence-corrected chi connectivity index (χ0v) is 9.99. The summed E-state index contributed by atoms with van der Waals surface area (Å²) < 4.78 is 0. The van der Waals surface area contributed by atoms with Gasteiger partial charge in [0.25, 0.3) is 0 Å². The molecule has 0 saturated heterocycles. The number of hydrogen-bond acceptors (Lipinski definition) is 3. The second-order valence-corrected chi connectivity index (χ2v) is 4.15. The maximum Gasteiger partial charge on any atom is 0.0991 e. The van der Waals surface area contributed by atoms with Gasteiger partial charge in [0.1, 0.15) is 0 Å². The monoisotopic (exact) mass is 243 g/mol. The first-order valence-electron chi connectivity index (χ1n) is 5.04. The second-order valence-electron chi connectivity index (χ2n) is 3.74. The summed E-state index contributed by atoms with van der Waals surface area (Å²) in [7, 11) is 0. The number of rotatable bonds is 1. The molecule has 2 aromatic rings. The van der Waals surface area contributed by atoms with Gasteiger partial charge < -0.3 is 5.73 Å². The quantitative estimate of drug-likeness (QED) is 0.837. The lowest BCUT2D eigenvalue weighted by Gasteiger charge is -2.07. The van der Waals surface area contributed by atoms with Crippen LogP contribution in [0.25, 0.3) is 11.3 Å². The summed E-state index contributed by atoms with van der Waals surface area (Å²) in [6.45, 7) is 1.92. The Kier molecular flexibility index (Phi) is 2.99. The summed E-state index contributed by atoms with van der Waals surface area (Å²) in [6.07, 6.45) is 1.57. The highest BCUT2D eigenvalue weighted by Crippen LogP contribution is 2.29. The molecular weight excluding hydrogens is 234 g/mol. The van der Waals surface area contributed by atoms with E-state index in [1.807, 2.05) is 19.1 Å². The minimum absolute atomic E-state index is 0.512. The average Bonchev–Trinajstić information content (AvgIpc) is 2.30. The molecule has 0 radical (unpaired) electrons. The Balaban J connectivity index is 2.58. The fourth-order valence-corrected chi connectivity index (χ4v) is 1.93. The van der Waals surface area contributed by atoms with E-state index in [1.54, 1.807) is 18.3 Å². The summed E-state index contributed by atoms with van der Waals surface area (Å²) in [5, 5.41) is 9.32. The van der Waals surface area contributed by atoms with Crippen molar-refractivity contribution in [3.63, 3.8) is 0 Å². The van der Waals surface area contributed by atoms with Gasteiger partial charge >= 0.3 is 0 Å². The zero-order chi connectivity index (χ0) is 12.4. The Morgan fingerprint density at radius 3 is 2.71 bits per heavy atom. The molecular formula is C13H10ClN3. The van der Waals surface area contributed by atoms with Crippen LogP contribution in [0.2, 0.25) is 5.02 Å². The molecule has 1 heterocycles. The number of benzene rings is 1. The number of anilines is 1. The van der Waals surface area contributed by atoms with Gasteiger partial charge in [0.05, 0.1) is 34.2 Å². The first-order chi connectivity index (χ1) is 8.11. The highest BCUT2D eigenvalue weighted by Gasteiger charge is 2.08. The number of halogens is 1. The number of nitriles is 1. The van der Waals surface area contributed by atoms with Crippen LogP contribution in [0.1, 0.15) is 11.1 Å². The standard InChI is InChI=1S/C13H10ClN3/c1-8-4-9(6-15)2-3-11(8)13-12(14)5-10(16)7-17-13/h2-5,7H,16H2,1H3. The van der Waals surface area contributed by atoms with Crippen molar-refractivity contribution in [2.24, 2.45) is 0 Å². The van der Waals surface area contributed by atoms with E-state index in [0.29, 0.717) is 22.0 Å². The molecule has 0 saturated carbocycles. The third-order valence-corrected chi connectivity index (χ3v) is 2.76. The van der Waals surface area contributed by atoms with Crippen molar-refractivity contribution in [1.29, 1.82) is 5.26 Å². The number of hydrogen-bond donors (Lipinski definition) is 1. The second kappa shape index (κ2) is 4.44. The van der Waals surface area contributed by atoms with Gasteiger partial charge in [-0.2, -0.15) is 5.26 Å². The SMILES string of the molecule is Cc1cc(C#N)ccc1-c1ncc(N)cc1Cl. The number of nitrogens with two attached hydrogens (primary N) is 1. The lowest BCUT2D eigenvalue weighted by Crippen LogP contribution is -1.92. The van der Waals surface area contributed by atoms with Crippen molar-refractivity contribution in [3.05, 3.63) is 46.6 Å². The largest absolute Gasteiger partial charge is 0.397 e. The van der Waals surface area contributed by atoms with Crippen LogP contribution >= 0.6 is 11.6 Å². The number of nitrogens with zero attached hydrogens (tertiary/aromatic N) is 2. The van der Waals surface area contributed by atoms with Crippen molar-refractivity contribution in [3.8, 4) is 17.3 Å². The Morgan fingerprint density at radius 1 is 1.35 bits per heavy atom. The van der Waals surface area contributed by atoms with Gasteiger partial charge in [0, 0.05) is 5.56 Å². The fourth-order valence-electron chi connectivity index (χ4n) is 1.65. The maximum atomic E-state index is 8.81. The van der Waals surface area contributed by atoms with Gasteiger partial charge in [-0.05, 0) is 30.7 Å². The van der Waals surface area contributed by atoms with E-state index in [9.17, 15) is 0 Å². The Morgan fingerprint density at radius 2 is 2.12 bits per heavy atom. The minimum atomic E-state index is 0.512. The van der Waals surface area contributed by atoms with Crippen molar-refractivity contribution < 1.29 is 0 Å². The van der Waals surface area contributed by atoms with Crippen molar-refractivity contribution >= 4 is 17.3 Å². The molecule has 0 aliphatic carbocycles. The van der Waals surface area contributed by atoms with Crippen LogP contribution in [0.5, 0.6) is 0 Å². The first kappa shape index (κ1) is 11.4. The van der Waals surface area contributed by atoms with E-state index in [1.165, 1.54) is 0 Å². The number of aryl methyl sites for hydroxylation is 1. The highest BCUT2D eigenvalue weighted by molar-refractivity contribution is 6.33. The van der Waals surface area contributed by atoms with E-state index in [2.05, 4.69) is 11.1 Å². The van der Waals surface area contributed by atoms with Crippen molar-refractivity contribution in [2.75, 3.05) is 5.73 Å². The summed E-state index contributed by atoms with van der Waals surface area (Å²) in [5.74, 6) is 0. The molecule has 0 amide bonds. The van der Waals surface area contributed by atoms with Crippen molar-refractivity contribution in [2.45, 2.75) is 6.92 Å². The molecule has 0 spiro atoms. The van der Waals surface area contributed by atoms with Crippen LogP contribution in [-0.2, 0) is 0 Å². The molecule has 1 aromatic carbocycles. The number of aromatic nitrogens is 1. The smallest absolute Gasteiger partial charge is 0.0991 e. The van der Waals surface area contributed by atoms with Gasteiger partial charge in [-0.1, -0.05) is 17.7 Å². The van der Waals surface area contributed by atoms with E-state index in [-0.39, 0.29) is 0 Å². The Labute approximate surface area is 104 Å². The molecule has 0 atom stereocenters. The van der Waals surface area contributed by atoms with Crippen LogP contribution in [-0.4, -0.2) is 4.98 Å². The van der Waals surface area contributed by atoms with E-state index in [0.717, 1.165) is 11.1 Å². The van der Waals surface area contributed by atoms with Crippen LogP contribution in [0.15, 0.2) is 30.5 Å². The maximum absolute atomic E-state index is 8.81. The molecule has 3 nitrogen and oxygen atoms in total. The Bertz CT molecular complexity index is 615. The van der Waals surface area contributed by atoms with Gasteiger partial charge in [0.2, 0.25) is 0 Å². The van der Waals surface area contributed by atoms with E-state index < -0.39 is 0 Å². The minimum Gasteiger partial charge on any atom is -0.397 e. The lowest BCUT2D eigenvalue weighted by molar-refractivity contribution is 1.30. The normalized spacial score (nSPS) is 9.94. The third kappa shape index (κ3) is 2.22. The molecule has 0 fully saturated rings. The van der Waals surface area contributed by atoms with E-state index in [4.69, 9.17) is 22.6 Å². The average molecular weight is 244 g/mol. The molecule has 1 aromatic heterocycles. The predicted octanol–water partition coefficient (Wildman–Crippen LogP) is 3.16. The Hall–Kier alpha value is -2.05. The van der Waals surface area contributed by atoms with E-state index >= 15 is 0 Å². The highest BCUT2D eigenvalue weighted by atomic mass is 35.5. The molecule has 2 N–H and O–H groups in total. The molecule has 0 aliphatic rings. The van der Waals surface area contributed by atoms with Crippen LogP contribution < -0.4 is 5.73 Å². The number of nitrogen functional groups attached to an aromatic ring is 1. The van der Waals surface area contributed by atoms with Gasteiger partial charge in [-0.3, -0.25) is 4.98 Å². The topological polar surface area (TPSA) is 62.7 Å². The molecule has 2 rings (SSSR count). The molecule has 0 unspecified atom stereocenters. The molecule has 0 aliphatic heterocycles. The van der Waals surface area contributed by atoms with Crippen LogP contribution in [0.4, 0.5) is 5.69 Å². The van der Waals surface area contributed by atoms with Crippen molar-refractivity contribution in [1.82, 2.24) is 4.98 Å². The van der Waals surface area contributed by atoms with Crippen LogP contribution in [0.3, 0.4) is 0 Å². The van der Waals surface area contributed by atoms with Gasteiger partial charge in [-0.25, -0.2) is 0 Å². The summed E-state index contributed by atoms with van der Waals surface area (Å²) in [4.78, 5) is 4.22. The predicted molar refractivity (Wildman–Crippen MR) is 68.5 cm³/mol. The number of pyridine rings is 1. The molecule has 17 heavy (non-hydrogen) atoms. The van der Waals surface area contributed by atoms with Gasteiger partial charge in [-0.15, -0.1) is 0 Å². The van der Waals surface area contributed by atoms with Crippen LogP contribution in [0, 0.1) is 18.3 Å². The molecule has 0 bridgehead atoms. The van der Waals surface area contributed by atoms with Gasteiger partial charge in [0.15, 0.2) is 0 Å². The lowest BCUT2D eigenvalue weighted by atomic mass is 10.0. The summed E-state index contributed by atoms with van der Waals surface area (Å²) in [6, 6.07) is 9.17. The first-order valence-corrected chi connectivity index (χ1v) is 5.42. The third-order valence-electron chi connectivity index (χ3n) is 2.47. The summed E-state index contributed by atoms with van der Waals surface area (Å²) in [5.41, 5.74) is 9.31.